The highest BCUT2D eigenvalue weighted by Crippen LogP contribution is 2.41. The summed E-state index contributed by atoms with van der Waals surface area (Å²) in [6, 6.07) is 5.91. The first kappa shape index (κ1) is 14.9. The van der Waals surface area contributed by atoms with Crippen LogP contribution in [-0.2, 0) is 4.79 Å². The van der Waals surface area contributed by atoms with E-state index in [9.17, 15) is 4.79 Å². The molecule has 1 heterocycles. The van der Waals surface area contributed by atoms with Gasteiger partial charge in [0, 0.05) is 12.6 Å². The zero-order valence-electron chi connectivity index (χ0n) is 12.8. The Bertz CT molecular complexity index is 509. The molecule has 1 aliphatic heterocycles. The normalized spacial score (nSPS) is 18.4. The Kier molecular flexibility index (Phi) is 4.04. The van der Waals surface area contributed by atoms with Crippen molar-refractivity contribution in [1.29, 1.82) is 0 Å². The zero-order valence-corrected chi connectivity index (χ0v) is 12.8. The number of ether oxygens (including phenoxy) is 1. The average Bonchev–Trinajstić information content (AvgIpc) is 2.46. The molecule has 0 saturated heterocycles. The molecule has 1 atom stereocenters. The van der Waals surface area contributed by atoms with Crippen LogP contribution < -0.4 is 15.4 Å². The van der Waals surface area contributed by atoms with Crippen LogP contribution in [0.15, 0.2) is 18.2 Å². The van der Waals surface area contributed by atoms with Gasteiger partial charge in [0.1, 0.15) is 5.75 Å². The number of benzene rings is 1. The molecule has 0 bridgehead atoms. The number of nitrogens with two attached hydrogens (primary N) is 1. The molecule has 20 heavy (non-hydrogen) atoms. The molecule has 0 saturated carbocycles. The third-order valence-corrected chi connectivity index (χ3v) is 4.21. The van der Waals surface area contributed by atoms with Gasteiger partial charge < -0.3 is 15.4 Å². The third-order valence-electron chi connectivity index (χ3n) is 4.21. The van der Waals surface area contributed by atoms with Crippen molar-refractivity contribution in [3.63, 3.8) is 0 Å². The largest absolute Gasteiger partial charge is 0.475 e. The van der Waals surface area contributed by atoms with E-state index in [1.54, 1.807) is 0 Å². The fourth-order valence-corrected chi connectivity index (χ4v) is 2.72. The second kappa shape index (κ2) is 5.44. The predicted molar refractivity (Wildman–Crippen MR) is 81.1 cm³/mol. The summed E-state index contributed by atoms with van der Waals surface area (Å²) in [5.74, 6) is 0.811. The summed E-state index contributed by atoms with van der Waals surface area (Å²) in [6.45, 7) is 8.42. The quantitative estimate of drug-likeness (QED) is 0.919. The van der Waals surface area contributed by atoms with Crippen LogP contribution in [0.4, 0.5) is 5.69 Å². The van der Waals surface area contributed by atoms with Crippen molar-refractivity contribution in [1.82, 2.24) is 0 Å². The average molecular weight is 276 g/mol. The van der Waals surface area contributed by atoms with Crippen LogP contribution in [0.25, 0.3) is 0 Å². The maximum atomic E-state index is 12.9. The van der Waals surface area contributed by atoms with Crippen LogP contribution in [0, 0.1) is 6.92 Å². The van der Waals surface area contributed by atoms with E-state index in [2.05, 4.69) is 0 Å². The molecule has 110 valence electrons. The summed E-state index contributed by atoms with van der Waals surface area (Å²) < 4.78 is 6.10. The van der Waals surface area contributed by atoms with Gasteiger partial charge in [-0.2, -0.15) is 0 Å². The second-order valence-electron chi connectivity index (χ2n) is 5.53. The lowest BCUT2D eigenvalue weighted by Gasteiger charge is -2.44. The number of fused-ring (bicyclic) bond motifs is 1. The van der Waals surface area contributed by atoms with E-state index in [-0.39, 0.29) is 11.9 Å². The lowest BCUT2D eigenvalue weighted by molar-refractivity contribution is -0.136. The number of hydrogen-bond donors (Lipinski definition) is 1. The highest BCUT2D eigenvalue weighted by atomic mass is 16.5. The van der Waals surface area contributed by atoms with Gasteiger partial charge in [0.15, 0.2) is 5.60 Å². The number of carbonyl (C=O) groups excluding carboxylic acids is 1. The van der Waals surface area contributed by atoms with Crippen LogP contribution >= 0.6 is 0 Å². The van der Waals surface area contributed by atoms with Gasteiger partial charge in [-0.05, 0) is 44.4 Å². The maximum Gasteiger partial charge on any atom is 0.271 e. The molecule has 1 aromatic carbocycles. The molecular weight excluding hydrogens is 252 g/mol. The monoisotopic (exact) mass is 276 g/mol. The van der Waals surface area contributed by atoms with Crippen molar-refractivity contribution in [2.75, 3.05) is 11.4 Å². The number of hydrogen-bond acceptors (Lipinski definition) is 3. The van der Waals surface area contributed by atoms with E-state index in [1.165, 1.54) is 0 Å². The molecule has 1 aliphatic rings. The Morgan fingerprint density at radius 3 is 2.55 bits per heavy atom. The van der Waals surface area contributed by atoms with E-state index < -0.39 is 5.60 Å². The molecule has 4 nitrogen and oxygen atoms in total. The molecule has 1 amide bonds. The molecule has 1 aromatic rings. The molecular formula is C16H24N2O2. The predicted octanol–water partition coefficient (Wildman–Crippen LogP) is 2.63. The molecule has 0 radical (unpaired) electrons. The Labute approximate surface area is 120 Å². The van der Waals surface area contributed by atoms with E-state index >= 15 is 0 Å². The summed E-state index contributed by atoms with van der Waals surface area (Å²) >= 11 is 0. The van der Waals surface area contributed by atoms with Crippen molar-refractivity contribution < 1.29 is 9.53 Å². The van der Waals surface area contributed by atoms with Gasteiger partial charge in [-0.1, -0.05) is 19.9 Å². The van der Waals surface area contributed by atoms with E-state index in [0.29, 0.717) is 19.4 Å². The zero-order chi connectivity index (χ0) is 14.9. The van der Waals surface area contributed by atoms with E-state index in [0.717, 1.165) is 17.0 Å². The van der Waals surface area contributed by atoms with Gasteiger partial charge >= 0.3 is 0 Å². The van der Waals surface area contributed by atoms with E-state index in [1.807, 2.05) is 50.8 Å². The third kappa shape index (κ3) is 2.18. The van der Waals surface area contributed by atoms with Gasteiger partial charge in [-0.15, -0.1) is 0 Å². The Balaban J connectivity index is 2.58. The highest BCUT2D eigenvalue weighted by Gasteiger charge is 2.46. The number of carbonyl (C=O) groups is 1. The fraction of sp³-hybridized carbons (Fsp3) is 0.562. The van der Waals surface area contributed by atoms with Crippen LogP contribution in [0.5, 0.6) is 5.75 Å². The second-order valence-corrected chi connectivity index (χ2v) is 5.53. The van der Waals surface area contributed by atoms with Gasteiger partial charge in [0.2, 0.25) is 0 Å². The molecule has 1 unspecified atom stereocenters. The first-order valence-corrected chi connectivity index (χ1v) is 7.32. The molecule has 0 aliphatic carbocycles. The minimum Gasteiger partial charge on any atom is -0.475 e. The van der Waals surface area contributed by atoms with Crippen molar-refractivity contribution in [3.05, 3.63) is 23.8 Å². The summed E-state index contributed by atoms with van der Waals surface area (Å²) in [5.41, 5.74) is 6.98. The van der Waals surface area contributed by atoms with Crippen LogP contribution in [0.2, 0.25) is 0 Å². The highest BCUT2D eigenvalue weighted by molar-refractivity contribution is 6.03. The van der Waals surface area contributed by atoms with E-state index in [4.69, 9.17) is 10.5 Å². The summed E-state index contributed by atoms with van der Waals surface area (Å²) in [5, 5.41) is 0. The van der Waals surface area contributed by atoms with Gasteiger partial charge in [-0.25, -0.2) is 0 Å². The lowest BCUT2D eigenvalue weighted by atomic mass is 9.91. The summed E-state index contributed by atoms with van der Waals surface area (Å²) in [4.78, 5) is 14.7. The van der Waals surface area contributed by atoms with Crippen LogP contribution in [0.3, 0.4) is 0 Å². The number of amides is 1. The Hall–Kier alpha value is -1.55. The molecule has 2 rings (SSSR count). The summed E-state index contributed by atoms with van der Waals surface area (Å²) in [7, 11) is 0. The number of aryl methyl sites for hydroxylation is 1. The minimum absolute atomic E-state index is 0.0248. The van der Waals surface area contributed by atoms with Gasteiger partial charge in [0.05, 0.1) is 5.69 Å². The van der Waals surface area contributed by atoms with Crippen molar-refractivity contribution in [3.8, 4) is 5.75 Å². The first-order valence-electron chi connectivity index (χ1n) is 7.32. The lowest BCUT2D eigenvalue weighted by Crippen LogP contribution is -2.59. The topological polar surface area (TPSA) is 55.6 Å². The smallest absolute Gasteiger partial charge is 0.271 e. The number of anilines is 1. The molecule has 4 heteroatoms. The van der Waals surface area contributed by atoms with Crippen molar-refractivity contribution in [2.45, 2.75) is 52.2 Å². The fourth-order valence-electron chi connectivity index (χ4n) is 2.72. The Morgan fingerprint density at radius 2 is 2.00 bits per heavy atom. The first-order chi connectivity index (χ1) is 9.49. The summed E-state index contributed by atoms with van der Waals surface area (Å²) in [6.07, 6.45) is 1.31. The molecule has 2 N–H and O–H groups in total. The van der Waals surface area contributed by atoms with Crippen molar-refractivity contribution >= 4 is 11.6 Å². The van der Waals surface area contributed by atoms with Crippen LogP contribution in [-0.4, -0.2) is 24.1 Å². The van der Waals surface area contributed by atoms with Crippen molar-refractivity contribution in [2.24, 2.45) is 5.73 Å². The standard InChI is InChI=1S/C16H24N2O2/c1-5-16(6-2)15(19)18(12(4)10-17)13-8-7-11(3)9-14(13)20-16/h7-9,12H,5-6,10,17H2,1-4H3. The molecule has 0 spiro atoms. The minimum atomic E-state index is -0.760. The Morgan fingerprint density at radius 1 is 1.35 bits per heavy atom. The van der Waals surface area contributed by atoms with Crippen LogP contribution in [0.1, 0.15) is 39.2 Å². The molecule has 0 aromatic heterocycles. The molecule has 0 fully saturated rings. The number of rotatable bonds is 4. The maximum absolute atomic E-state index is 12.9. The van der Waals surface area contributed by atoms with Gasteiger partial charge in [0.25, 0.3) is 5.91 Å². The van der Waals surface area contributed by atoms with Gasteiger partial charge in [-0.3, -0.25) is 4.79 Å². The number of nitrogens with zero attached hydrogens (tertiary/aromatic N) is 1. The SMILES string of the molecule is CCC1(CC)Oc2cc(C)ccc2N(C(C)CN)C1=O.